The lowest BCUT2D eigenvalue weighted by Crippen LogP contribution is -2.49. The molecule has 1 aromatic carbocycles. The molecule has 4 rings (SSSR count). The van der Waals surface area contributed by atoms with Crippen LogP contribution in [0.3, 0.4) is 0 Å². The summed E-state index contributed by atoms with van der Waals surface area (Å²) in [5, 5.41) is 10.9. The average Bonchev–Trinajstić information content (AvgIpc) is 2.83. The monoisotopic (exact) mass is 434 g/mol. The second-order valence-corrected chi connectivity index (χ2v) is 8.02. The van der Waals surface area contributed by atoms with Crippen LogP contribution in [-0.2, 0) is 6.54 Å². The zero-order valence-corrected chi connectivity index (χ0v) is 18.9. The van der Waals surface area contributed by atoms with Crippen molar-refractivity contribution in [3.8, 4) is 11.5 Å². The number of nitrogens with zero attached hydrogens (tertiary/aromatic N) is 4. The van der Waals surface area contributed by atoms with Crippen LogP contribution in [0, 0.1) is 6.92 Å². The Kier molecular flexibility index (Phi) is 6.46. The molecule has 0 saturated carbocycles. The summed E-state index contributed by atoms with van der Waals surface area (Å²) in [6, 6.07) is 15.0. The van der Waals surface area contributed by atoms with Gasteiger partial charge in [-0.3, -0.25) is 9.69 Å². The zero-order valence-electron chi connectivity index (χ0n) is 18.9. The van der Waals surface area contributed by atoms with Crippen LogP contribution in [0.25, 0.3) is 0 Å². The molecule has 3 heterocycles. The quantitative estimate of drug-likeness (QED) is 0.643. The summed E-state index contributed by atoms with van der Waals surface area (Å²) >= 11 is 0. The lowest BCUT2D eigenvalue weighted by atomic mass is 9.96. The van der Waals surface area contributed by atoms with Gasteiger partial charge in [-0.2, -0.15) is 0 Å². The van der Waals surface area contributed by atoms with Crippen molar-refractivity contribution in [3.05, 3.63) is 81.9 Å². The van der Waals surface area contributed by atoms with Gasteiger partial charge in [-0.1, -0.05) is 18.2 Å². The van der Waals surface area contributed by atoms with Crippen LogP contribution >= 0.6 is 0 Å². The van der Waals surface area contributed by atoms with E-state index in [4.69, 9.17) is 4.74 Å². The number of anilines is 1. The number of benzene rings is 1. The number of pyridine rings is 2. The Bertz CT molecular complexity index is 1100. The van der Waals surface area contributed by atoms with E-state index >= 15 is 0 Å². The molecular formula is C25H30N4O3. The van der Waals surface area contributed by atoms with Crippen molar-refractivity contribution in [1.29, 1.82) is 0 Å². The molecule has 1 N–H and O–H groups in total. The van der Waals surface area contributed by atoms with Crippen molar-refractivity contribution in [2.45, 2.75) is 26.4 Å². The smallest absolute Gasteiger partial charge is 0.259 e. The van der Waals surface area contributed by atoms with Crippen molar-refractivity contribution >= 4 is 5.82 Å². The van der Waals surface area contributed by atoms with E-state index in [0.717, 1.165) is 49.0 Å². The molecule has 0 unspecified atom stereocenters. The Hall–Kier alpha value is -3.32. The number of aromatic hydroxyl groups is 1. The van der Waals surface area contributed by atoms with E-state index in [0.29, 0.717) is 12.1 Å². The van der Waals surface area contributed by atoms with E-state index in [1.54, 1.807) is 23.9 Å². The molecule has 2 aromatic heterocycles. The van der Waals surface area contributed by atoms with Crippen LogP contribution in [0.1, 0.15) is 29.8 Å². The summed E-state index contributed by atoms with van der Waals surface area (Å²) in [7, 11) is 1.63. The van der Waals surface area contributed by atoms with Crippen molar-refractivity contribution < 1.29 is 9.84 Å². The number of hydrogen-bond acceptors (Lipinski definition) is 6. The minimum Gasteiger partial charge on any atom is -0.507 e. The predicted octanol–water partition coefficient (Wildman–Crippen LogP) is 3.20. The van der Waals surface area contributed by atoms with Gasteiger partial charge in [0.25, 0.3) is 5.56 Å². The summed E-state index contributed by atoms with van der Waals surface area (Å²) < 4.78 is 7.04. The average molecular weight is 435 g/mol. The molecule has 1 aliphatic heterocycles. The molecule has 3 aromatic rings. The van der Waals surface area contributed by atoms with Gasteiger partial charge in [0, 0.05) is 44.6 Å². The van der Waals surface area contributed by atoms with Crippen LogP contribution in [-0.4, -0.2) is 52.8 Å². The fraction of sp³-hybridized carbons (Fsp3) is 0.360. The molecule has 0 radical (unpaired) electrons. The zero-order chi connectivity index (χ0) is 22.7. The first-order valence-electron chi connectivity index (χ1n) is 11.0. The second-order valence-electron chi connectivity index (χ2n) is 8.02. The molecule has 1 saturated heterocycles. The Morgan fingerprint density at radius 1 is 1.09 bits per heavy atom. The normalized spacial score (nSPS) is 15.5. The molecule has 0 amide bonds. The molecule has 0 spiro atoms. The van der Waals surface area contributed by atoms with Gasteiger partial charge in [0.1, 0.15) is 17.3 Å². The van der Waals surface area contributed by atoms with Gasteiger partial charge in [0.15, 0.2) is 0 Å². The summed E-state index contributed by atoms with van der Waals surface area (Å²) in [6.45, 7) is 7.42. The number of piperazine rings is 1. The van der Waals surface area contributed by atoms with E-state index in [1.165, 1.54) is 0 Å². The molecule has 1 aliphatic rings. The highest BCUT2D eigenvalue weighted by molar-refractivity contribution is 5.43. The van der Waals surface area contributed by atoms with E-state index in [1.807, 2.05) is 56.3 Å². The minimum atomic E-state index is -0.349. The lowest BCUT2D eigenvalue weighted by Gasteiger charge is -2.40. The number of ether oxygens (including phenoxy) is 1. The molecule has 168 valence electrons. The highest BCUT2D eigenvalue weighted by atomic mass is 16.5. The molecule has 0 bridgehead atoms. The summed E-state index contributed by atoms with van der Waals surface area (Å²) in [5.41, 5.74) is 2.00. The third kappa shape index (κ3) is 4.21. The Morgan fingerprint density at radius 2 is 1.81 bits per heavy atom. The van der Waals surface area contributed by atoms with Crippen LogP contribution in [0.4, 0.5) is 5.82 Å². The molecule has 7 heteroatoms. The maximum absolute atomic E-state index is 13.4. The maximum Gasteiger partial charge on any atom is 0.259 e. The van der Waals surface area contributed by atoms with Gasteiger partial charge in [-0.15, -0.1) is 0 Å². The third-order valence-corrected chi connectivity index (χ3v) is 6.20. The minimum absolute atomic E-state index is 0.0465. The van der Waals surface area contributed by atoms with Crippen molar-refractivity contribution in [2.75, 3.05) is 38.2 Å². The summed E-state index contributed by atoms with van der Waals surface area (Å²) in [6.07, 6.45) is 1.80. The second kappa shape index (κ2) is 9.44. The fourth-order valence-electron chi connectivity index (χ4n) is 4.51. The fourth-order valence-corrected chi connectivity index (χ4v) is 4.51. The molecule has 7 nitrogen and oxygen atoms in total. The first kappa shape index (κ1) is 21.9. The number of rotatable bonds is 6. The van der Waals surface area contributed by atoms with E-state index in [9.17, 15) is 9.90 Å². The van der Waals surface area contributed by atoms with Crippen LogP contribution in [0.2, 0.25) is 0 Å². The first-order chi connectivity index (χ1) is 15.5. The number of aromatic nitrogens is 2. The molecule has 32 heavy (non-hydrogen) atoms. The molecular weight excluding hydrogens is 404 g/mol. The number of hydrogen-bond donors (Lipinski definition) is 1. The van der Waals surface area contributed by atoms with Gasteiger partial charge in [0.05, 0.1) is 18.7 Å². The highest BCUT2D eigenvalue weighted by Crippen LogP contribution is 2.34. The van der Waals surface area contributed by atoms with Gasteiger partial charge in [0.2, 0.25) is 0 Å². The van der Waals surface area contributed by atoms with Gasteiger partial charge >= 0.3 is 0 Å². The standard InChI is InChI=1S/C25H30N4O3/c1-4-29-18(2)17-21(30)23(25(29)31)24(19-8-10-20(32-3)11-9-19)28-15-13-27(14-16-28)22-7-5-6-12-26-22/h5-12,17,24,30H,4,13-16H2,1-3H3/t24-/m1/s1. The van der Waals surface area contributed by atoms with Gasteiger partial charge in [-0.25, -0.2) is 4.98 Å². The van der Waals surface area contributed by atoms with Crippen molar-refractivity contribution in [3.63, 3.8) is 0 Å². The Balaban J connectivity index is 1.72. The largest absolute Gasteiger partial charge is 0.507 e. The van der Waals surface area contributed by atoms with E-state index in [2.05, 4.69) is 14.8 Å². The van der Waals surface area contributed by atoms with E-state index in [-0.39, 0.29) is 17.4 Å². The van der Waals surface area contributed by atoms with E-state index < -0.39 is 0 Å². The predicted molar refractivity (Wildman–Crippen MR) is 126 cm³/mol. The highest BCUT2D eigenvalue weighted by Gasteiger charge is 2.31. The Labute approximate surface area is 188 Å². The summed E-state index contributed by atoms with van der Waals surface area (Å²) in [5.74, 6) is 1.76. The SMILES string of the molecule is CCn1c(C)cc(O)c([C@@H](c2ccc(OC)cc2)N2CCN(c3ccccn3)CC2)c1=O. The summed E-state index contributed by atoms with van der Waals surface area (Å²) in [4.78, 5) is 22.4. The van der Waals surface area contributed by atoms with Crippen molar-refractivity contribution in [2.24, 2.45) is 0 Å². The lowest BCUT2D eigenvalue weighted by molar-refractivity contribution is 0.207. The van der Waals surface area contributed by atoms with Crippen LogP contribution in [0.15, 0.2) is 59.5 Å². The topological polar surface area (TPSA) is 70.8 Å². The number of methoxy groups -OCH3 is 1. The van der Waals surface area contributed by atoms with Crippen molar-refractivity contribution in [1.82, 2.24) is 14.5 Å². The Morgan fingerprint density at radius 3 is 2.41 bits per heavy atom. The van der Waals surface area contributed by atoms with Gasteiger partial charge < -0.3 is 19.3 Å². The van der Waals surface area contributed by atoms with Gasteiger partial charge in [-0.05, 0) is 49.7 Å². The first-order valence-corrected chi connectivity index (χ1v) is 11.0. The molecule has 0 aliphatic carbocycles. The maximum atomic E-state index is 13.4. The van der Waals surface area contributed by atoms with Crippen LogP contribution in [0.5, 0.6) is 11.5 Å². The number of aryl methyl sites for hydroxylation is 1. The molecule has 1 fully saturated rings. The third-order valence-electron chi connectivity index (χ3n) is 6.20. The van der Waals surface area contributed by atoms with Crippen LogP contribution < -0.4 is 15.2 Å². The molecule has 1 atom stereocenters.